The van der Waals surface area contributed by atoms with Gasteiger partial charge >= 0.3 is 0 Å². The Morgan fingerprint density at radius 2 is 1.83 bits per heavy atom. The molecule has 0 spiro atoms. The Balaban J connectivity index is 3.27. The highest BCUT2D eigenvalue weighted by Crippen LogP contribution is 2.28. The number of benzene rings is 1. The van der Waals surface area contributed by atoms with Gasteiger partial charge in [0.25, 0.3) is 0 Å². The van der Waals surface area contributed by atoms with E-state index >= 15 is 0 Å². The van der Waals surface area contributed by atoms with E-state index < -0.39 is 23.4 Å². The van der Waals surface area contributed by atoms with Crippen molar-refractivity contribution in [1.29, 1.82) is 0 Å². The van der Waals surface area contributed by atoms with Crippen LogP contribution < -0.4 is 11.5 Å². The molecule has 0 bridgehead atoms. The van der Waals surface area contributed by atoms with Gasteiger partial charge in [-0.2, -0.15) is 0 Å². The minimum Gasteiger partial charge on any atom is -0.402 e. The molecule has 0 radical (unpaired) electrons. The standard InChI is InChI=1S/C13H13F3N2/c1-2-9(12(18)6-8(14)7-17)13-10(15)4-3-5-11(13)16/h2-7,9H,1,17-18H2/b8-7+,12-6+. The summed E-state index contributed by atoms with van der Waals surface area (Å²) in [7, 11) is 0. The van der Waals surface area contributed by atoms with Crippen molar-refractivity contribution in [3.05, 3.63) is 71.9 Å². The second kappa shape index (κ2) is 5.95. The lowest BCUT2D eigenvalue weighted by Crippen LogP contribution is -2.12. The summed E-state index contributed by atoms with van der Waals surface area (Å²) in [5.74, 6) is -3.30. The third-order valence-electron chi connectivity index (χ3n) is 2.37. The monoisotopic (exact) mass is 254 g/mol. The van der Waals surface area contributed by atoms with Crippen LogP contribution in [0.15, 0.2) is 54.7 Å². The second-order valence-corrected chi connectivity index (χ2v) is 3.54. The van der Waals surface area contributed by atoms with Crippen LogP contribution in [0.5, 0.6) is 0 Å². The van der Waals surface area contributed by atoms with Crippen LogP contribution in [0.3, 0.4) is 0 Å². The maximum Gasteiger partial charge on any atom is 0.140 e. The zero-order valence-corrected chi connectivity index (χ0v) is 9.54. The van der Waals surface area contributed by atoms with Crippen LogP contribution in [0.1, 0.15) is 11.5 Å². The van der Waals surface area contributed by atoms with Gasteiger partial charge in [-0.15, -0.1) is 6.58 Å². The molecule has 4 N–H and O–H groups in total. The fourth-order valence-corrected chi connectivity index (χ4v) is 1.53. The SMILES string of the molecule is C=CC(/C(N)=C\C(F)=C/N)c1c(F)cccc1F. The molecule has 0 saturated heterocycles. The molecule has 96 valence electrons. The molecular formula is C13H13F3N2. The molecule has 2 nitrogen and oxygen atoms in total. The van der Waals surface area contributed by atoms with E-state index in [-0.39, 0.29) is 11.3 Å². The molecule has 1 unspecified atom stereocenters. The van der Waals surface area contributed by atoms with Crippen LogP contribution in [-0.2, 0) is 0 Å². The minimum absolute atomic E-state index is 0.0896. The number of allylic oxidation sites excluding steroid dienone is 3. The van der Waals surface area contributed by atoms with Crippen molar-refractivity contribution < 1.29 is 13.2 Å². The van der Waals surface area contributed by atoms with Gasteiger partial charge in [-0.3, -0.25) is 0 Å². The van der Waals surface area contributed by atoms with Gasteiger partial charge in [0.05, 0.1) is 0 Å². The number of hydrogen-bond acceptors (Lipinski definition) is 2. The molecule has 0 fully saturated rings. The summed E-state index contributed by atoms with van der Waals surface area (Å²) in [6.07, 6.45) is 2.83. The van der Waals surface area contributed by atoms with E-state index in [0.717, 1.165) is 18.2 Å². The fourth-order valence-electron chi connectivity index (χ4n) is 1.53. The third kappa shape index (κ3) is 2.94. The highest BCUT2D eigenvalue weighted by Gasteiger charge is 2.19. The van der Waals surface area contributed by atoms with E-state index in [1.807, 2.05) is 0 Å². The normalized spacial score (nSPS) is 14.4. The molecule has 0 aromatic heterocycles. The van der Waals surface area contributed by atoms with Crippen LogP contribution in [-0.4, -0.2) is 0 Å². The highest BCUT2D eigenvalue weighted by atomic mass is 19.1. The average Bonchev–Trinajstić information content (AvgIpc) is 2.33. The highest BCUT2D eigenvalue weighted by molar-refractivity contribution is 5.36. The van der Waals surface area contributed by atoms with Crippen molar-refractivity contribution >= 4 is 0 Å². The Kier molecular flexibility index (Phi) is 4.59. The van der Waals surface area contributed by atoms with E-state index in [1.54, 1.807) is 0 Å². The van der Waals surface area contributed by atoms with Gasteiger partial charge in [0.1, 0.15) is 17.5 Å². The van der Waals surface area contributed by atoms with E-state index in [4.69, 9.17) is 11.5 Å². The smallest absolute Gasteiger partial charge is 0.140 e. The summed E-state index contributed by atoms with van der Waals surface area (Å²) in [6, 6.07) is 3.42. The maximum atomic E-state index is 13.6. The van der Waals surface area contributed by atoms with Crippen molar-refractivity contribution in [3.63, 3.8) is 0 Å². The van der Waals surface area contributed by atoms with Crippen LogP contribution in [0.4, 0.5) is 13.2 Å². The lowest BCUT2D eigenvalue weighted by atomic mass is 9.94. The van der Waals surface area contributed by atoms with Crippen molar-refractivity contribution in [2.24, 2.45) is 11.5 Å². The first kappa shape index (κ1) is 13.9. The van der Waals surface area contributed by atoms with E-state index in [0.29, 0.717) is 6.20 Å². The van der Waals surface area contributed by atoms with Gasteiger partial charge < -0.3 is 11.5 Å². The molecule has 5 heteroatoms. The van der Waals surface area contributed by atoms with E-state index in [9.17, 15) is 13.2 Å². The number of nitrogens with two attached hydrogens (primary N) is 2. The Morgan fingerprint density at radius 3 is 2.28 bits per heavy atom. The molecule has 0 heterocycles. The summed E-state index contributed by atoms with van der Waals surface area (Å²) < 4.78 is 40.1. The summed E-state index contributed by atoms with van der Waals surface area (Å²) >= 11 is 0. The third-order valence-corrected chi connectivity index (χ3v) is 2.37. The molecule has 1 rings (SSSR count). The first-order chi connectivity index (χ1) is 8.51. The van der Waals surface area contributed by atoms with Gasteiger partial charge in [-0.1, -0.05) is 12.1 Å². The second-order valence-electron chi connectivity index (χ2n) is 3.54. The van der Waals surface area contributed by atoms with Gasteiger partial charge in [0, 0.05) is 23.4 Å². The number of halogens is 3. The molecule has 0 aliphatic carbocycles. The summed E-state index contributed by atoms with van der Waals surface area (Å²) in [5.41, 5.74) is 10.2. The van der Waals surface area contributed by atoms with Crippen LogP contribution >= 0.6 is 0 Å². The predicted molar refractivity (Wildman–Crippen MR) is 64.9 cm³/mol. The summed E-state index contributed by atoms with van der Waals surface area (Å²) in [4.78, 5) is 0. The maximum absolute atomic E-state index is 13.6. The van der Waals surface area contributed by atoms with Crippen LogP contribution in [0, 0.1) is 11.6 Å². The zero-order valence-electron chi connectivity index (χ0n) is 9.54. The molecular weight excluding hydrogens is 241 g/mol. The zero-order chi connectivity index (χ0) is 13.7. The van der Waals surface area contributed by atoms with Crippen molar-refractivity contribution in [2.75, 3.05) is 0 Å². The molecule has 1 atom stereocenters. The number of rotatable bonds is 4. The minimum atomic E-state index is -0.961. The molecule has 0 aliphatic heterocycles. The summed E-state index contributed by atoms with van der Waals surface area (Å²) in [5, 5.41) is 0. The Bertz CT molecular complexity index is 487. The fraction of sp³-hybridized carbons (Fsp3) is 0.0769. The first-order valence-corrected chi connectivity index (χ1v) is 5.12. The molecule has 0 aliphatic rings. The Labute approximate surface area is 103 Å². The van der Waals surface area contributed by atoms with E-state index in [1.165, 1.54) is 12.1 Å². The lowest BCUT2D eigenvalue weighted by Gasteiger charge is -2.15. The topological polar surface area (TPSA) is 52.0 Å². The quantitative estimate of drug-likeness (QED) is 0.641. The van der Waals surface area contributed by atoms with Crippen molar-refractivity contribution in [2.45, 2.75) is 5.92 Å². The Hall–Kier alpha value is -2.17. The molecule has 18 heavy (non-hydrogen) atoms. The first-order valence-electron chi connectivity index (χ1n) is 5.12. The van der Waals surface area contributed by atoms with Gasteiger partial charge in [-0.25, -0.2) is 13.2 Å². The number of hydrogen-bond donors (Lipinski definition) is 2. The van der Waals surface area contributed by atoms with Crippen molar-refractivity contribution in [1.82, 2.24) is 0 Å². The lowest BCUT2D eigenvalue weighted by molar-refractivity contribution is 0.551. The molecule has 0 saturated carbocycles. The average molecular weight is 254 g/mol. The molecule has 1 aromatic carbocycles. The molecule has 1 aromatic rings. The van der Waals surface area contributed by atoms with Gasteiger partial charge in [0.15, 0.2) is 0 Å². The van der Waals surface area contributed by atoms with Gasteiger partial charge in [-0.05, 0) is 18.2 Å². The summed E-state index contributed by atoms with van der Waals surface area (Å²) in [6.45, 7) is 3.45. The predicted octanol–water partition coefficient (Wildman–Crippen LogP) is 2.85. The largest absolute Gasteiger partial charge is 0.402 e. The van der Waals surface area contributed by atoms with Crippen LogP contribution in [0.25, 0.3) is 0 Å². The van der Waals surface area contributed by atoms with Gasteiger partial charge in [0.2, 0.25) is 0 Å². The van der Waals surface area contributed by atoms with E-state index in [2.05, 4.69) is 6.58 Å². The van der Waals surface area contributed by atoms with Crippen LogP contribution in [0.2, 0.25) is 0 Å². The Morgan fingerprint density at radius 1 is 1.28 bits per heavy atom. The molecule has 0 amide bonds. The van der Waals surface area contributed by atoms with Crippen molar-refractivity contribution in [3.8, 4) is 0 Å².